The van der Waals surface area contributed by atoms with Crippen molar-refractivity contribution in [3.63, 3.8) is 0 Å². The van der Waals surface area contributed by atoms with Gasteiger partial charge in [-0.2, -0.15) is 0 Å². The van der Waals surface area contributed by atoms with Crippen molar-refractivity contribution in [3.05, 3.63) is 82.9 Å². The summed E-state index contributed by atoms with van der Waals surface area (Å²) in [7, 11) is 0. The third-order valence-corrected chi connectivity index (χ3v) is 7.02. The molecule has 1 aliphatic heterocycles. The molecule has 0 saturated carbocycles. The number of aromatic nitrogens is 2. The molecule has 6 nitrogen and oxygen atoms in total. The molecule has 1 fully saturated rings. The molecule has 0 radical (unpaired) electrons. The summed E-state index contributed by atoms with van der Waals surface area (Å²) >= 11 is 6.21. The molecule has 2 heterocycles. The predicted molar refractivity (Wildman–Crippen MR) is 140 cm³/mol. The number of anilines is 1. The Morgan fingerprint density at radius 3 is 2.29 bits per heavy atom. The van der Waals surface area contributed by atoms with Gasteiger partial charge in [-0.25, -0.2) is 0 Å². The van der Waals surface area contributed by atoms with Gasteiger partial charge in [-0.15, -0.1) is 10.2 Å². The number of carbonyl (C=O) groups is 1. The molecule has 178 valence electrons. The highest BCUT2D eigenvalue weighted by molar-refractivity contribution is 6.32. The lowest BCUT2D eigenvalue weighted by Gasteiger charge is -2.35. The highest BCUT2D eigenvalue weighted by Crippen LogP contribution is 2.26. The van der Waals surface area contributed by atoms with Gasteiger partial charge in [0.2, 0.25) is 0 Å². The minimum absolute atomic E-state index is 0.0147. The van der Waals surface area contributed by atoms with E-state index in [4.69, 9.17) is 16.3 Å². The van der Waals surface area contributed by atoms with Gasteiger partial charge in [0.25, 0.3) is 5.91 Å². The Balaban J connectivity index is 1.16. The number of carbonyl (C=O) groups excluding carboxylic acids is 1. The zero-order valence-corrected chi connectivity index (χ0v) is 20.6. The van der Waals surface area contributed by atoms with Crippen LogP contribution >= 0.6 is 11.6 Å². The second kappa shape index (κ2) is 9.92. The molecule has 35 heavy (non-hydrogen) atoms. The lowest BCUT2D eigenvalue weighted by molar-refractivity contribution is -0.133. The van der Waals surface area contributed by atoms with Gasteiger partial charge in [-0.1, -0.05) is 48.0 Å². The standard InChI is InChI=1S/C28H27ClN4O2/c1-19-15-24(16-20(2)28(19)29)35-18-27(34)33-13-11-32(12-14-33)26-10-9-25(30-31-26)23-8-7-21-5-3-4-6-22(21)17-23/h3-10,15-17H,11-14,18H2,1-2H3. The quantitative estimate of drug-likeness (QED) is 0.383. The molecule has 5 rings (SSSR count). The zero-order valence-electron chi connectivity index (χ0n) is 19.9. The molecular weight excluding hydrogens is 460 g/mol. The highest BCUT2D eigenvalue weighted by atomic mass is 35.5. The van der Waals surface area contributed by atoms with Gasteiger partial charge in [0.1, 0.15) is 5.75 Å². The van der Waals surface area contributed by atoms with Crippen molar-refractivity contribution >= 4 is 34.1 Å². The van der Waals surface area contributed by atoms with Crippen molar-refractivity contribution in [2.75, 3.05) is 37.7 Å². The van der Waals surface area contributed by atoms with E-state index in [1.165, 1.54) is 10.8 Å². The van der Waals surface area contributed by atoms with Crippen LogP contribution in [0.3, 0.4) is 0 Å². The summed E-state index contributed by atoms with van der Waals surface area (Å²) < 4.78 is 5.75. The van der Waals surface area contributed by atoms with E-state index < -0.39 is 0 Å². The summed E-state index contributed by atoms with van der Waals surface area (Å²) in [6.45, 7) is 6.52. The van der Waals surface area contributed by atoms with E-state index >= 15 is 0 Å². The maximum atomic E-state index is 12.7. The van der Waals surface area contributed by atoms with Gasteiger partial charge >= 0.3 is 0 Å². The molecule has 0 N–H and O–H groups in total. The fourth-order valence-corrected chi connectivity index (χ4v) is 4.52. The van der Waals surface area contributed by atoms with Crippen LogP contribution in [0, 0.1) is 13.8 Å². The van der Waals surface area contributed by atoms with Crippen LogP contribution in [0.1, 0.15) is 11.1 Å². The van der Waals surface area contributed by atoms with E-state index in [9.17, 15) is 4.79 Å². The van der Waals surface area contributed by atoms with Crippen LogP contribution in [0.25, 0.3) is 22.0 Å². The van der Waals surface area contributed by atoms with Gasteiger partial charge in [0.05, 0.1) is 5.69 Å². The molecule has 1 aromatic heterocycles. The van der Waals surface area contributed by atoms with Gasteiger partial charge in [-0.05, 0) is 66.1 Å². The van der Waals surface area contributed by atoms with Crippen LogP contribution in [0.5, 0.6) is 5.75 Å². The van der Waals surface area contributed by atoms with Crippen LogP contribution in [-0.2, 0) is 4.79 Å². The lowest BCUT2D eigenvalue weighted by Crippen LogP contribution is -2.50. The fraction of sp³-hybridized carbons (Fsp3) is 0.250. The monoisotopic (exact) mass is 486 g/mol. The maximum Gasteiger partial charge on any atom is 0.260 e. The highest BCUT2D eigenvalue weighted by Gasteiger charge is 2.22. The molecule has 7 heteroatoms. The van der Waals surface area contributed by atoms with E-state index in [2.05, 4.69) is 45.4 Å². The van der Waals surface area contributed by atoms with Gasteiger partial charge in [0, 0.05) is 36.8 Å². The number of piperazine rings is 1. The summed E-state index contributed by atoms with van der Waals surface area (Å²) in [4.78, 5) is 16.7. The number of amides is 1. The average molecular weight is 487 g/mol. The fourth-order valence-electron chi connectivity index (χ4n) is 4.41. The third kappa shape index (κ3) is 5.08. The van der Waals surface area contributed by atoms with Crippen molar-refractivity contribution in [3.8, 4) is 17.0 Å². The van der Waals surface area contributed by atoms with Crippen LogP contribution in [0.4, 0.5) is 5.82 Å². The van der Waals surface area contributed by atoms with E-state index in [0.29, 0.717) is 31.9 Å². The minimum Gasteiger partial charge on any atom is -0.484 e. The molecule has 0 unspecified atom stereocenters. The lowest BCUT2D eigenvalue weighted by atomic mass is 10.1. The van der Waals surface area contributed by atoms with Crippen molar-refractivity contribution < 1.29 is 9.53 Å². The Morgan fingerprint density at radius 1 is 0.886 bits per heavy atom. The molecule has 0 aliphatic carbocycles. The first kappa shape index (κ1) is 23.1. The van der Waals surface area contributed by atoms with Crippen LogP contribution in [0.2, 0.25) is 5.02 Å². The van der Waals surface area contributed by atoms with Crippen molar-refractivity contribution in [1.29, 1.82) is 0 Å². The molecule has 1 amide bonds. The third-order valence-electron chi connectivity index (χ3n) is 6.42. The Labute approximate surface area is 210 Å². The molecule has 1 saturated heterocycles. The van der Waals surface area contributed by atoms with Crippen molar-refractivity contribution in [2.45, 2.75) is 13.8 Å². The van der Waals surface area contributed by atoms with E-state index in [0.717, 1.165) is 33.2 Å². The van der Waals surface area contributed by atoms with E-state index in [1.807, 2.05) is 55.1 Å². The van der Waals surface area contributed by atoms with Crippen LogP contribution in [-0.4, -0.2) is 53.8 Å². The van der Waals surface area contributed by atoms with Gasteiger partial charge in [-0.3, -0.25) is 4.79 Å². The number of hydrogen-bond donors (Lipinski definition) is 0. The molecule has 0 atom stereocenters. The first-order valence-corrected chi connectivity index (χ1v) is 12.1. The van der Waals surface area contributed by atoms with E-state index in [1.54, 1.807) is 0 Å². The average Bonchev–Trinajstić information content (AvgIpc) is 2.90. The normalized spacial score (nSPS) is 13.8. The minimum atomic E-state index is -0.0207. The van der Waals surface area contributed by atoms with Crippen molar-refractivity contribution in [1.82, 2.24) is 15.1 Å². The topological polar surface area (TPSA) is 58.6 Å². The summed E-state index contributed by atoms with van der Waals surface area (Å²) in [6, 6.07) is 22.3. The summed E-state index contributed by atoms with van der Waals surface area (Å²) in [5.41, 5.74) is 3.77. The number of hydrogen-bond acceptors (Lipinski definition) is 5. The Bertz CT molecular complexity index is 1340. The SMILES string of the molecule is Cc1cc(OCC(=O)N2CCN(c3ccc(-c4ccc5ccccc5c4)nn3)CC2)cc(C)c1Cl. The second-order valence-electron chi connectivity index (χ2n) is 8.87. The van der Waals surface area contributed by atoms with Gasteiger partial charge in [0.15, 0.2) is 12.4 Å². The molecule has 3 aromatic carbocycles. The number of rotatable bonds is 5. The molecule has 4 aromatic rings. The molecule has 0 bridgehead atoms. The first-order chi connectivity index (χ1) is 17.0. The number of benzene rings is 3. The van der Waals surface area contributed by atoms with E-state index in [-0.39, 0.29) is 12.5 Å². The number of nitrogens with zero attached hydrogens (tertiary/aromatic N) is 4. The summed E-state index contributed by atoms with van der Waals surface area (Å²) in [5, 5.41) is 12.0. The molecular formula is C28H27ClN4O2. The van der Waals surface area contributed by atoms with Crippen molar-refractivity contribution in [2.24, 2.45) is 0 Å². The number of ether oxygens (including phenoxy) is 1. The number of aryl methyl sites for hydroxylation is 2. The number of fused-ring (bicyclic) bond motifs is 1. The Hall–Kier alpha value is -3.64. The van der Waals surface area contributed by atoms with Gasteiger partial charge < -0.3 is 14.5 Å². The largest absolute Gasteiger partial charge is 0.484 e. The second-order valence-corrected chi connectivity index (χ2v) is 9.24. The maximum absolute atomic E-state index is 12.7. The summed E-state index contributed by atoms with van der Waals surface area (Å²) in [6.07, 6.45) is 0. The Kier molecular flexibility index (Phi) is 6.55. The van der Waals surface area contributed by atoms with Crippen LogP contribution in [0.15, 0.2) is 66.7 Å². The van der Waals surface area contributed by atoms with Crippen LogP contribution < -0.4 is 9.64 Å². The molecule has 0 spiro atoms. The smallest absolute Gasteiger partial charge is 0.260 e. The number of halogens is 1. The molecule has 1 aliphatic rings. The predicted octanol–water partition coefficient (Wildman–Crippen LogP) is 5.29. The zero-order chi connectivity index (χ0) is 24.4. The first-order valence-electron chi connectivity index (χ1n) is 11.7. The summed E-state index contributed by atoms with van der Waals surface area (Å²) in [5.74, 6) is 1.47. The Morgan fingerprint density at radius 2 is 1.60 bits per heavy atom.